The first kappa shape index (κ1) is 20.8. The van der Waals surface area contributed by atoms with E-state index in [0.717, 1.165) is 12.5 Å². The Bertz CT molecular complexity index is 857. The van der Waals surface area contributed by atoms with E-state index in [1.807, 2.05) is 24.3 Å². The van der Waals surface area contributed by atoms with Gasteiger partial charge >= 0.3 is 5.97 Å². The Hall–Kier alpha value is -3.48. The number of nitrogens with one attached hydrogen (secondary N) is 1. The van der Waals surface area contributed by atoms with Crippen molar-refractivity contribution in [2.24, 2.45) is 0 Å². The van der Waals surface area contributed by atoms with E-state index in [0.29, 0.717) is 17.2 Å². The molecule has 0 unspecified atom stereocenters. The fraction of sp³-hybridized carbons (Fsp3) is 0.238. The van der Waals surface area contributed by atoms with E-state index < -0.39 is 23.4 Å². The Morgan fingerprint density at radius 2 is 1.79 bits per heavy atom. The number of nitro benzene ring substituents is 1. The highest BCUT2D eigenvalue weighted by Crippen LogP contribution is 2.20. The third-order valence-electron chi connectivity index (χ3n) is 4.24. The number of nitro groups is 1. The van der Waals surface area contributed by atoms with Crippen molar-refractivity contribution in [3.63, 3.8) is 0 Å². The lowest BCUT2D eigenvalue weighted by atomic mass is 9.99. The number of amides is 1. The van der Waals surface area contributed by atoms with E-state index in [1.54, 1.807) is 0 Å². The second-order valence-corrected chi connectivity index (χ2v) is 6.27. The number of non-ortho nitro benzene ring substituents is 1. The van der Waals surface area contributed by atoms with Gasteiger partial charge in [-0.05, 0) is 53.8 Å². The molecule has 2 rings (SSSR count). The number of rotatable bonds is 8. The third-order valence-corrected chi connectivity index (χ3v) is 4.24. The standard InChI is InChI=1S/C21H22N2O5/c1-3-15(2)17-7-9-18(10-8-17)22-20(24)14-28-21(25)13-6-16-4-11-19(12-5-16)23(26)27/h4-13,15H,3,14H2,1-2H3,(H,22,24)/b13-6+/t15-/m0/s1. The average molecular weight is 382 g/mol. The molecule has 1 amide bonds. The Labute approximate surface area is 163 Å². The fourth-order valence-electron chi connectivity index (χ4n) is 2.38. The van der Waals surface area contributed by atoms with Crippen LogP contribution in [-0.4, -0.2) is 23.4 Å². The number of hydrogen-bond donors (Lipinski definition) is 1. The molecule has 2 aromatic rings. The molecule has 0 spiro atoms. The van der Waals surface area contributed by atoms with Crippen LogP contribution in [0.3, 0.4) is 0 Å². The molecule has 1 atom stereocenters. The molecule has 0 aliphatic carbocycles. The number of ether oxygens (including phenoxy) is 1. The lowest BCUT2D eigenvalue weighted by Crippen LogP contribution is -2.20. The molecule has 7 heteroatoms. The Kier molecular flexibility index (Phi) is 7.45. The molecule has 0 bridgehead atoms. The smallest absolute Gasteiger partial charge is 0.331 e. The molecule has 0 radical (unpaired) electrons. The van der Waals surface area contributed by atoms with Gasteiger partial charge in [-0.1, -0.05) is 26.0 Å². The third kappa shape index (κ3) is 6.35. The largest absolute Gasteiger partial charge is 0.452 e. The van der Waals surface area contributed by atoms with Gasteiger partial charge in [0.15, 0.2) is 6.61 Å². The highest BCUT2D eigenvalue weighted by Gasteiger charge is 2.08. The normalized spacial score (nSPS) is 11.8. The van der Waals surface area contributed by atoms with Gasteiger partial charge in [-0.25, -0.2) is 4.79 Å². The first-order chi connectivity index (χ1) is 13.4. The maximum Gasteiger partial charge on any atom is 0.331 e. The summed E-state index contributed by atoms with van der Waals surface area (Å²) in [5.41, 5.74) is 2.40. The minimum Gasteiger partial charge on any atom is -0.452 e. The first-order valence-corrected chi connectivity index (χ1v) is 8.88. The molecule has 146 valence electrons. The maximum atomic E-state index is 11.9. The van der Waals surface area contributed by atoms with E-state index in [4.69, 9.17) is 4.74 Å². The van der Waals surface area contributed by atoms with Gasteiger partial charge in [-0.3, -0.25) is 14.9 Å². The van der Waals surface area contributed by atoms with Crippen molar-refractivity contribution in [3.8, 4) is 0 Å². The number of esters is 1. The van der Waals surface area contributed by atoms with Crippen molar-refractivity contribution in [3.05, 3.63) is 75.8 Å². The summed E-state index contributed by atoms with van der Waals surface area (Å²) in [6.45, 7) is 3.85. The topological polar surface area (TPSA) is 98.5 Å². The van der Waals surface area contributed by atoms with Gasteiger partial charge in [0, 0.05) is 23.9 Å². The highest BCUT2D eigenvalue weighted by molar-refractivity contribution is 5.94. The quantitative estimate of drug-likeness (QED) is 0.318. The van der Waals surface area contributed by atoms with Crippen LogP contribution in [0.25, 0.3) is 6.08 Å². The monoisotopic (exact) mass is 382 g/mol. The molecule has 0 aliphatic heterocycles. The molecule has 0 saturated carbocycles. The molecule has 28 heavy (non-hydrogen) atoms. The van der Waals surface area contributed by atoms with Crippen LogP contribution >= 0.6 is 0 Å². The zero-order valence-corrected chi connectivity index (χ0v) is 15.8. The lowest BCUT2D eigenvalue weighted by molar-refractivity contribution is -0.384. The van der Waals surface area contributed by atoms with Gasteiger partial charge in [-0.2, -0.15) is 0 Å². The summed E-state index contributed by atoms with van der Waals surface area (Å²) in [4.78, 5) is 33.7. The van der Waals surface area contributed by atoms with E-state index in [1.165, 1.54) is 35.9 Å². The molecule has 0 fully saturated rings. The molecular formula is C21H22N2O5. The summed E-state index contributed by atoms with van der Waals surface area (Å²) in [5, 5.41) is 13.3. The zero-order valence-electron chi connectivity index (χ0n) is 15.8. The Morgan fingerprint density at radius 3 is 2.36 bits per heavy atom. The predicted molar refractivity (Wildman–Crippen MR) is 107 cm³/mol. The van der Waals surface area contributed by atoms with Gasteiger partial charge in [0.1, 0.15) is 0 Å². The van der Waals surface area contributed by atoms with Crippen LogP contribution in [0.2, 0.25) is 0 Å². The summed E-state index contributed by atoms with van der Waals surface area (Å²) in [6, 6.07) is 13.3. The number of anilines is 1. The molecule has 0 heterocycles. The van der Waals surface area contributed by atoms with Gasteiger partial charge in [0.05, 0.1) is 4.92 Å². The van der Waals surface area contributed by atoms with Crippen LogP contribution in [0, 0.1) is 10.1 Å². The van der Waals surface area contributed by atoms with Crippen molar-refractivity contribution < 1.29 is 19.2 Å². The molecule has 0 saturated heterocycles. The van der Waals surface area contributed by atoms with E-state index in [2.05, 4.69) is 19.2 Å². The first-order valence-electron chi connectivity index (χ1n) is 8.88. The fourth-order valence-corrected chi connectivity index (χ4v) is 2.38. The Morgan fingerprint density at radius 1 is 1.14 bits per heavy atom. The van der Waals surface area contributed by atoms with Gasteiger partial charge in [0.25, 0.3) is 11.6 Å². The minimum atomic E-state index is -0.680. The van der Waals surface area contributed by atoms with Gasteiger partial charge in [-0.15, -0.1) is 0 Å². The molecule has 2 aromatic carbocycles. The van der Waals surface area contributed by atoms with E-state index in [9.17, 15) is 19.7 Å². The van der Waals surface area contributed by atoms with Crippen molar-refractivity contribution in [2.75, 3.05) is 11.9 Å². The second kappa shape index (κ2) is 10.0. The van der Waals surface area contributed by atoms with Crippen LogP contribution in [0.4, 0.5) is 11.4 Å². The molecule has 0 aliphatic rings. The SMILES string of the molecule is CC[C@H](C)c1ccc(NC(=O)COC(=O)/C=C/c2ccc([N+](=O)[O-])cc2)cc1. The van der Waals surface area contributed by atoms with Crippen molar-refractivity contribution >= 4 is 29.3 Å². The highest BCUT2D eigenvalue weighted by atomic mass is 16.6. The number of carbonyl (C=O) groups excluding carboxylic acids is 2. The Balaban J connectivity index is 1.80. The summed E-state index contributed by atoms with van der Waals surface area (Å²) in [6.07, 6.45) is 3.65. The van der Waals surface area contributed by atoms with Crippen LogP contribution < -0.4 is 5.32 Å². The van der Waals surface area contributed by atoms with Crippen molar-refractivity contribution in [1.29, 1.82) is 0 Å². The zero-order chi connectivity index (χ0) is 20.5. The number of benzene rings is 2. The van der Waals surface area contributed by atoms with Gasteiger partial charge in [0.2, 0.25) is 0 Å². The number of carbonyl (C=O) groups is 2. The van der Waals surface area contributed by atoms with Crippen LogP contribution in [0.15, 0.2) is 54.6 Å². The number of hydrogen-bond acceptors (Lipinski definition) is 5. The molecule has 7 nitrogen and oxygen atoms in total. The molecule has 1 N–H and O–H groups in total. The van der Waals surface area contributed by atoms with E-state index in [-0.39, 0.29) is 5.69 Å². The summed E-state index contributed by atoms with van der Waals surface area (Å²) >= 11 is 0. The summed E-state index contributed by atoms with van der Waals surface area (Å²) in [7, 11) is 0. The van der Waals surface area contributed by atoms with Crippen molar-refractivity contribution in [2.45, 2.75) is 26.2 Å². The average Bonchev–Trinajstić information content (AvgIpc) is 2.71. The minimum absolute atomic E-state index is 0.0337. The van der Waals surface area contributed by atoms with Gasteiger partial charge < -0.3 is 10.1 Å². The number of nitrogens with zero attached hydrogens (tertiary/aromatic N) is 1. The van der Waals surface area contributed by atoms with Crippen LogP contribution in [-0.2, 0) is 14.3 Å². The van der Waals surface area contributed by atoms with Crippen molar-refractivity contribution in [1.82, 2.24) is 0 Å². The molecular weight excluding hydrogens is 360 g/mol. The summed E-state index contributed by atoms with van der Waals surface area (Å²) in [5.74, 6) is -0.665. The maximum absolute atomic E-state index is 11.9. The van der Waals surface area contributed by atoms with Crippen LogP contribution in [0.5, 0.6) is 0 Å². The predicted octanol–water partition coefficient (Wildman–Crippen LogP) is 4.30. The van der Waals surface area contributed by atoms with Crippen LogP contribution in [0.1, 0.15) is 37.3 Å². The second-order valence-electron chi connectivity index (χ2n) is 6.27. The molecule has 0 aromatic heterocycles. The summed E-state index contributed by atoms with van der Waals surface area (Å²) < 4.78 is 4.89. The van der Waals surface area contributed by atoms with E-state index >= 15 is 0 Å². The lowest BCUT2D eigenvalue weighted by Gasteiger charge is -2.10.